The molecule has 1 heterocycles. The van der Waals surface area contributed by atoms with Gasteiger partial charge in [0.05, 0.1) is 12.1 Å². The number of thiazole rings is 1. The van der Waals surface area contributed by atoms with E-state index in [1.54, 1.807) is 5.38 Å². The van der Waals surface area contributed by atoms with E-state index in [9.17, 15) is 14.4 Å². The molecule has 0 atom stereocenters. The van der Waals surface area contributed by atoms with Crippen molar-refractivity contribution in [3.05, 3.63) is 11.1 Å². The minimum absolute atomic E-state index is 0.0644. The van der Waals surface area contributed by atoms with Crippen LogP contribution in [0, 0.1) is 0 Å². The molecule has 0 saturated heterocycles. The second-order valence-electron chi connectivity index (χ2n) is 4.09. The fourth-order valence-electron chi connectivity index (χ4n) is 1.46. The van der Waals surface area contributed by atoms with Crippen LogP contribution < -0.4 is 16.1 Å². The number of unbranched alkanes of at least 4 members (excludes halogenated alkanes) is 1. The molecule has 5 N–H and O–H groups in total. The summed E-state index contributed by atoms with van der Waals surface area (Å²) >= 11 is 1.11. The molecule has 0 spiro atoms. The minimum atomic E-state index is -1.20. The van der Waals surface area contributed by atoms with Gasteiger partial charge in [-0.2, -0.15) is 0 Å². The first kappa shape index (κ1) is 16.9. The van der Waals surface area contributed by atoms with Crippen LogP contribution in [0.25, 0.3) is 0 Å². The van der Waals surface area contributed by atoms with Crippen LogP contribution in [0.2, 0.25) is 0 Å². The summed E-state index contributed by atoms with van der Waals surface area (Å²) < 4.78 is 0. The maximum atomic E-state index is 11.6. The third-order valence-corrected chi connectivity index (χ3v) is 3.19. The number of aromatic nitrogens is 1. The number of hydrogen-bond donors (Lipinski definition) is 5. The van der Waals surface area contributed by atoms with Gasteiger partial charge in [0.15, 0.2) is 5.13 Å². The summed E-state index contributed by atoms with van der Waals surface area (Å²) in [5, 5.41) is 23.4. The number of carbonyl (C=O) groups is 3. The predicted molar refractivity (Wildman–Crippen MR) is 74.3 cm³/mol. The van der Waals surface area contributed by atoms with Crippen LogP contribution in [0.3, 0.4) is 0 Å². The molecule has 0 aromatic carbocycles. The summed E-state index contributed by atoms with van der Waals surface area (Å²) in [7, 11) is 0. The number of hydrogen-bond acceptors (Lipinski definition) is 6. The molecule has 0 bridgehead atoms. The molecule has 0 aliphatic heterocycles. The zero-order valence-corrected chi connectivity index (χ0v) is 11.9. The Morgan fingerprint density at radius 3 is 2.67 bits per heavy atom. The first-order chi connectivity index (χ1) is 10.0. The van der Waals surface area contributed by atoms with Gasteiger partial charge in [0.2, 0.25) is 11.8 Å². The summed E-state index contributed by atoms with van der Waals surface area (Å²) in [6.07, 6.45) is 0.225. The summed E-state index contributed by atoms with van der Waals surface area (Å²) in [6.45, 7) is 0.419. The Morgan fingerprint density at radius 1 is 1.24 bits per heavy atom. The zero-order chi connectivity index (χ0) is 15.7. The number of anilines is 1. The van der Waals surface area contributed by atoms with Crippen molar-refractivity contribution >= 4 is 34.4 Å². The van der Waals surface area contributed by atoms with Crippen molar-refractivity contribution in [3.8, 4) is 0 Å². The van der Waals surface area contributed by atoms with Gasteiger partial charge in [0, 0.05) is 18.3 Å². The Labute approximate surface area is 124 Å². The van der Waals surface area contributed by atoms with Crippen molar-refractivity contribution in [2.75, 3.05) is 11.9 Å². The van der Waals surface area contributed by atoms with E-state index in [2.05, 4.69) is 15.6 Å². The highest BCUT2D eigenvalue weighted by Crippen LogP contribution is 2.15. The van der Waals surface area contributed by atoms with Gasteiger partial charge < -0.3 is 10.4 Å². The zero-order valence-electron chi connectivity index (χ0n) is 11.1. The SMILES string of the molecule is O=C(O)Nc1nc(CC(=O)NCCCCC(=O)NO)cs1. The molecule has 116 valence electrons. The summed E-state index contributed by atoms with van der Waals surface area (Å²) in [5.74, 6) is -0.684. The molecule has 0 unspecified atom stereocenters. The molecular formula is C11H16N4O5S. The van der Waals surface area contributed by atoms with Crippen molar-refractivity contribution in [1.29, 1.82) is 0 Å². The number of nitrogens with zero attached hydrogens (tertiary/aromatic N) is 1. The first-order valence-electron chi connectivity index (χ1n) is 6.15. The highest BCUT2D eigenvalue weighted by molar-refractivity contribution is 7.13. The number of carboxylic acid groups (broad SMARTS) is 1. The van der Waals surface area contributed by atoms with Crippen LogP contribution in [-0.2, 0) is 16.0 Å². The predicted octanol–water partition coefficient (Wildman–Crippen LogP) is 0.567. The van der Waals surface area contributed by atoms with Crippen LogP contribution in [0.5, 0.6) is 0 Å². The normalized spacial score (nSPS) is 9.95. The summed E-state index contributed by atoms with van der Waals surface area (Å²) in [6, 6.07) is 0. The van der Waals surface area contributed by atoms with Crippen LogP contribution in [-0.4, -0.2) is 39.8 Å². The van der Waals surface area contributed by atoms with Gasteiger partial charge in [-0.3, -0.25) is 20.1 Å². The molecule has 0 aliphatic carbocycles. The van der Waals surface area contributed by atoms with E-state index in [1.807, 2.05) is 0 Å². The monoisotopic (exact) mass is 316 g/mol. The van der Waals surface area contributed by atoms with Gasteiger partial charge in [-0.25, -0.2) is 15.3 Å². The first-order valence-corrected chi connectivity index (χ1v) is 7.03. The van der Waals surface area contributed by atoms with Crippen LogP contribution >= 0.6 is 11.3 Å². The fourth-order valence-corrected chi connectivity index (χ4v) is 2.16. The lowest BCUT2D eigenvalue weighted by Crippen LogP contribution is -2.26. The molecule has 0 saturated carbocycles. The van der Waals surface area contributed by atoms with E-state index >= 15 is 0 Å². The van der Waals surface area contributed by atoms with Crippen molar-refractivity contribution in [2.45, 2.75) is 25.7 Å². The standard InChI is InChI=1S/C11H16N4O5S/c16-8(15-20)3-1-2-4-12-9(17)5-7-6-21-10(13-7)14-11(18)19/h6,20H,1-5H2,(H,12,17)(H,13,14)(H,15,16)(H,18,19). The number of rotatable bonds is 8. The Hall–Kier alpha value is -2.20. The molecular weight excluding hydrogens is 300 g/mol. The molecule has 1 aromatic rings. The van der Waals surface area contributed by atoms with E-state index in [0.717, 1.165) is 11.3 Å². The maximum Gasteiger partial charge on any atom is 0.410 e. The lowest BCUT2D eigenvalue weighted by Gasteiger charge is -2.03. The Bertz CT molecular complexity index is 505. The lowest BCUT2D eigenvalue weighted by atomic mass is 10.2. The third kappa shape index (κ3) is 7.22. The second-order valence-corrected chi connectivity index (χ2v) is 4.95. The number of amides is 3. The van der Waals surface area contributed by atoms with Crippen molar-refractivity contribution < 1.29 is 24.7 Å². The topological polar surface area (TPSA) is 141 Å². The molecule has 0 radical (unpaired) electrons. The largest absolute Gasteiger partial charge is 0.465 e. The van der Waals surface area contributed by atoms with E-state index in [-0.39, 0.29) is 23.9 Å². The van der Waals surface area contributed by atoms with Gasteiger partial charge in [-0.05, 0) is 12.8 Å². The van der Waals surface area contributed by atoms with E-state index in [1.165, 1.54) is 5.48 Å². The average Bonchev–Trinajstić information content (AvgIpc) is 2.84. The Morgan fingerprint density at radius 2 is 2.00 bits per heavy atom. The molecule has 21 heavy (non-hydrogen) atoms. The fraction of sp³-hybridized carbons (Fsp3) is 0.455. The molecule has 9 nitrogen and oxygen atoms in total. The number of hydroxylamine groups is 1. The van der Waals surface area contributed by atoms with Gasteiger partial charge >= 0.3 is 6.09 Å². The maximum absolute atomic E-state index is 11.6. The van der Waals surface area contributed by atoms with E-state index in [4.69, 9.17) is 10.3 Å². The molecule has 1 rings (SSSR count). The second kappa shape index (κ2) is 8.87. The average molecular weight is 316 g/mol. The van der Waals surface area contributed by atoms with E-state index in [0.29, 0.717) is 25.1 Å². The molecule has 3 amide bonds. The van der Waals surface area contributed by atoms with Crippen molar-refractivity contribution in [1.82, 2.24) is 15.8 Å². The molecule has 10 heteroatoms. The lowest BCUT2D eigenvalue weighted by molar-refractivity contribution is -0.129. The Kier molecular flexibility index (Phi) is 7.12. The van der Waals surface area contributed by atoms with Crippen LogP contribution in [0.1, 0.15) is 25.0 Å². The smallest absolute Gasteiger partial charge is 0.410 e. The molecule has 1 aromatic heterocycles. The third-order valence-electron chi connectivity index (χ3n) is 2.38. The quantitative estimate of drug-likeness (QED) is 0.270. The van der Waals surface area contributed by atoms with Gasteiger partial charge in [0.1, 0.15) is 0 Å². The van der Waals surface area contributed by atoms with E-state index < -0.39 is 12.0 Å². The van der Waals surface area contributed by atoms with Crippen molar-refractivity contribution in [2.24, 2.45) is 0 Å². The number of nitrogens with one attached hydrogen (secondary N) is 3. The highest BCUT2D eigenvalue weighted by Gasteiger charge is 2.09. The van der Waals surface area contributed by atoms with Crippen LogP contribution in [0.4, 0.5) is 9.93 Å². The van der Waals surface area contributed by atoms with Gasteiger partial charge in [-0.1, -0.05) is 0 Å². The summed E-state index contributed by atoms with van der Waals surface area (Å²) in [4.78, 5) is 36.7. The van der Waals surface area contributed by atoms with Crippen molar-refractivity contribution in [3.63, 3.8) is 0 Å². The molecule has 0 fully saturated rings. The van der Waals surface area contributed by atoms with Gasteiger partial charge in [-0.15, -0.1) is 11.3 Å². The summed E-state index contributed by atoms with van der Waals surface area (Å²) in [5.41, 5.74) is 2.02. The Balaban J connectivity index is 2.20. The van der Waals surface area contributed by atoms with Gasteiger partial charge in [0.25, 0.3) is 0 Å². The number of carbonyl (C=O) groups excluding carboxylic acids is 2. The highest BCUT2D eigenvalue weighted by atomic mass is 32.1. The molecule has 0 aliphatic rings. The van der Waals surface area contributed by atoms with Crippen LogP contribution in [0.15, 0.2) is 5.38 Å². The minimum Gasteiger partial charge on any atom is -0.465 e.